The predicted octanol–water partition coefficient (Wildman–Crippen LogP) is 4.59. The molecule has 1 fully saturated rings. The van der Waals surface area contributed by atoms with E-state index < -0.39 is 8.32 Å². The summed E-state index contributed by atoms with van der Waals surface area (Å²) < 4.78 is 6.33. The fourth-order valence-corrected chi connectivity index (χ4v) is 2.93. The Hall–Kier alpha value is 0.177. The fraction of sp³-hybridized carbons (Fsp3) is 1.00. The van der Waals surface area contributed by atoms with Gasteiger partial charge in [-0.25, -0.2) is 0 Å². The highest BCUT2D eigenvalue weighted by Gasteiger charge is 2.41. The summed E-state index contributed by atoms with van der Waals surface area (Å²) in [6, 6.07) is 0. The highest BCUT2D eigenvalue weighted by atomic mass is 28.4. The van der Waals surface area contributed by atoms with Gasteiger partial charge in [-0.1, -0.05) is 34.1 Å². The molecule has 0 radical (unpaired) electrons. The first-order chi connectivity index (χ1) is 6.72. The molecule has 0 heterocycles. The predicted molar refractivity (Wildman–Crippen MR) is 69.7 cm³/mol. The monoisotopic (exact) mass is 228 g/mol. The van der Waals surface area contributed by atoms with Gasteiger partial charge in [0.05, 0.1) is 0 Å². The topological polar surface area (TPSA) is 9.23 Å². The van der Waals surface area contributed by atoms with Crippen molar-refractivity contribution in [3.05, 3.63) is 0 Å². The Morgan fingerprint density at radius 3 is 2.00 bits per heavy atom. The molecule has 0 bridgehead atoms. The molecule has 0 aromatic heterocycles. The SMILES string of the molecule is CCC1(CO[Si](C)(C)C(C)(C)C)CCC1. The van der Waals surface area contributed by atoms with E-state index in [9.17, 15) is 0 Å². The average molecular weight is 228 g/mol. The lowest BCUT2D eigenvalue weighted by atomic mass is 9.68. The lowest BCUT2D eigenvalue weighted by Gasteiger charge is -2.45. The third-order valence-corrected chi connectivity index (χ3v) is 9.19. The summed E-state index contributed by atoms with van der Waals surface area (Å²) in [7, 11) is -1.51. The summed E-state index contributed by atoms with van der Waals surface area (Å²) in [5.41, 5.74) is 0.551. The van der Waals surface area contributed by atoms with Crippen molar-refractivity contribution >= 4 is 8.32 Å². The van der Waals surface area contributed by atoms with Gasteiger partial charge in [0.25, 0.3) is 0 Å². The molecule has 1 saturated carbocycles. The number of hydrogen-bond donors (Lipinski definition) is 0. The molecule has 0 saturated heterocycles. The van der Waals surface area contributed by atoms with E-state index in [2.05, 4.69) is 40.8 Å². The van der Waals surface area contributed by atoms with Gasteiger partial charge in [0.15, 0.2) is 8.32 Å². The van der Waals surface area contributed by atoms with Crippen LogP contribution in [0.2, 0.25) is 18.1 Å². The zero-order valence-electron chi connectivity index (χ0n) is 11.4. The first-order valence-electron chi connectivity index (χ1n) is 6.36. The number of hydrogen-bond acceptors (Lipinski definition) is 1. The molecule has 0 amide bonds. The van der Waals surface area contributed by atoms with Crippen LogP contribution in [0.25, 0.3) is 0 Å². The van der Waals surface area contributed by atoms with Crippen molar-refractivity contribution in [2.75, 3.05) is 6.61 Å². The quantitative estimate of drug-likeness (QED) is 0.640. The third-order valence-electron chi connectivity index (χ3n) is 4.71. The van der Waals surface area contributed by atoms with Crippen molar-refractivity contribution in [3.63, 3.8) is 0 Å². The summed E-state index contributed by atoms with van der Waals surface area (Å²) in [5.74, 6) is 0. The molecule has 0 aromatic rings. The Bertz CT molecular complexity index is 206. The molecule has 15 heavy (non-hydrogen) atoms. The molecule has 0 unspecified atom stereocenters. The van der Waals surface area contributed by atoms with E-state index in [4.69, 9.17) is 4.43 Å². The minimum absolute atomic E-state index is 0.353. The van der Waals surface area contributed by atoms with Gasteiger partial charge in [-0.15, -0.1) is 0 Å². The van der Waals surface area contributed by atoms with E-state index in [1.165, 1.54) is 25.7 Å². The first-order valence-corrected chi connectivity index (χ1v) is 9.27. The van der Waals surface area contributed by atoms with Gasteiger partial charge in [-0.3, -0.25) is 0 Å². The van der Waals surface area contributed by atoms with Gasteiger partial charge in [-0.2, -0.15) is 0 Å². The van der Waals surface area contributed by atoms with Gasteiger partial charge >= 0.3 is 0 Å². The lowest BCUT2D eigenvalue weighted by molar-refractivity contribution is 0.0467. The minimum Gasteiger partial charge on any atom is -0.416 e. The molecule has 1 aliphatic rings. The summed E-state index contributed by atoms with van der Waals surface area (Å²) in [5, 5.41) is 0.353. The Labute approximate surface area is 96.7 Å². The van der Waals surface area contributed by atoms with Gasteiger partial charge in [0.2, 0.25) is 0 Å². The Morgan fingerprint density at radius 2 is 1.73 bits per heavy atom. The standard InChI is InChI=1S/C13H28OSi/c1-7-13(9-8-10-13)11-14-15(5,6)12(2,3)4/h7-11H2,1-6H3. The van der Waals surface area contributed by atoms with Crippen molar-refractivity contribution in [2.24, 2.45) is 5.41 Å². The van der Waals surface area contributed by atoms with E-state index in [-0.39, 0.29) is 0 Å². The van der Waals surface area contributed by atoms with Crippen LogP contribution in [0.4, 0.5) is 0 Å². The molecule has 0 aromatic carbocycles. The molecule has 0 spiro atoms. The highest BCUT2D eigenvalue weighted by molar-refractivity contribution is 6.74. The highest BCUT2D eigenvalue weighted by Crippen LogP contribution is 2.46. The summed E-state index contributed by atoms with van der Waals surface area (Å²) in [4.78, 5) is 0. The largest absolute Gasteiger partial charge is 0.416 e. The summed E-state index contributed by atoms with van der Waals surface area (Å²) in [6.07, 6.45) is 5.48. The second-order valence-electron chi connectivity index (χ2n) is 6.76. The molecule has 90 valence electrons. The zero-order valence-corrected chi connectivity index (χ0v) is 12.4. The van der Waals surface area contributed by atoms with Crippen LogP contribution in [0.15, 0.2) is 0 Å². The van der Waals surface area contributed by atoms with Crippen LogP contribution in [0.5, 0.6) is 0 Å². The van der Waals surface area contributed by atoms with Gasteiger partial charge < -0.3 is 4.43 Å². The van der Waals surface area contributed by atoms with Crippen LogP contribution in [0.1, 0.15) is 53.4 Å². The summed E-state index contributed by atoms with van der Waals surface area (Å²) in [6.45, 7) is 15.0. The normalized spacial score (nSPS) is 21.2. The van der Waals surface area contributed by atoms with E-state index in [0.29, 0.717) is 10.5 Å². The second-order valence-corrected chi connectivity index (χ2v) is 11.6. The fourth-order valence-electron chi connectivity index (χ4n) is 1.83. The van der Waals surface area contributed by atoms with Gasteiger partial charge in [0, 0.05) is 6.61 Å². The molecule has 0 N–H and O–H groups in total. The van der Waals surface area contributed by atoms with Crippen molar-refractivity contribution in [1.82, 2.24) is 0 Å². The molecule has 0 aliphatic heterocycles. The molecule has 2 heteroatoms. The second kappa shape index (κ2) is 4.21. The molecular formula is C13H28OSi. The van der Waals surface area contributed by atoms with Crippen LogP contribution >= 0.6 is 0 Å². The van der Waals surface area contributed by atoms with Crippen molar-refractivity contribution in [2.45, 2.75) is 71.5 Å². The maximum Gasteiger partial charge on any atom is 0.192 e. The number of rotatable bonds is 4. The molecule has 0 atom stereocenters. The molecular weight excluding hydrogens is 200 g/mol. The van der Waals surface area contributed by atoms with Crippen molar-refractivity contribution in [3.8, 4) is 0 Å². The molecule has 1 aliphatic carbocycles. The van der Waals surface area contributed by atoms with Crippen molar-refractivity contribution in [1.29, 1.82) is 0 Å². The maximum absolute atomic E-state index is 6.33. The van der Waals surface area contributed by atoms with Crippen molar-refractivity contribution < 1.29 is 4.43 Å². The van der Waals surface area contributed by atoms with Crippen LogP contribution in [-0.2, 0) is 4.43 Å². The zero-order chi connectivity index (χ0) is 11.7. The first kappa shape index (κ1) is 13.2. The van der Waals surface area contributed by atoms with E-state index in [1.54, 1.807) is 0 Å². The molecule has 1 rings (SSSR count). The third kappa shape index (κ3) is 2.85. The summed E-state index contributed by atoms with van der Waals surface area (Å²) >= 11 is 0. The minimum atomic E-state index is -1.51. The smallest absolute Gasteiger partial charge is 0.192 e. The van der Waals surface area contributed by atoms with Gasteiger partial charge in [-0.05, 0) is 42.8 Å². The maximum atomic E-state index is 6.33. The van der Waals surface area contributed by atoms with Crippen LogP contribution < -0.4 is 0 Å². The molecule has 1 nitrogen and oxygen atoms in total. The lowest BCUT2D eigenvalue weighted by Crippen LogP contribution is -2.45. The Kier molecular flexibility index (Phi) is 3.72. The van der Waals surface area contributed by atoms with Gasteiger partial charge in [0.1, 0.15) is 0 Å². The van der Waals surface area contributed by atoms with Crippen LogP contribution in [-0.4, -0.2) is 14.9 Å². The van der Waals surface area contributed by atoms with Crippen LogP contribution in [0.3, 0.4) is 0 Å². The van der Waals surface area contributed by atoms with E-state index in [1.807, 2.05) is 0 Å². The van der Waals surface area contributed by atoms with E-state index in [0.717, 1.165) is 6.61 Å². The Morgan fingerprint density at radius 1 is 1.20 bits per heavy atom. The Balaban J connectivity index is 2.49. The van der Waals surface area contributed by atoms with E-state index >= 15 is 0 Å². The van der Waals surface area contributed by atoms with Crippen LogP contribution in [0, 0.1) is 5.41 Å². The average Bonchev–Trinajstić information content (AvgIpc) is 2.00.